The first-order valence-corrected chi connectivity index (χ1v) is 7.13. The van der Waals surface area contributed by atoms with Crippen LogP contribution in [-0.4, -0.2) is 85.1 Å². The second-order valence-electron chi connectivity index (χ2n) is 5.11. The predicted molar refractivity (Wildman–Crippen MR) is 74.7 cm³/mol. The Morgan fingerprint density at radius 1 is 1.24 bits per heavy atom. The number of carbonyl (C=O) groups is 1. The molecule has 0 aromatic rings. The van der Waals surface area contributed by atoms with Crippen molar-refractivity contribution in [2.45, 2.75) is 43.8 Å². The van der Waals surface area contributed by atoms with Crippen LogP contribution in [0.3, 0.4) is 0 Å². The van der Waals surface area contributed by atoms with Crippen LogP contribution in [0.15, 0.2) is 0 Å². The molecular formula is C13H26N2O6. The second-order valence-corrected chi connectivity index (χ2v) is 5.11. The Morgan fingerprint density at radius 2 is 1.95 bits per heavy atom. The molecule has 1 fully saturated rings. The van der Waals surface area contributed by atoms with E-state index in [9.17, 15) is 20.1 Å². The molecule has 0 radical (unpaired) electrons. The molecular weight excluding hydrogens is 280 g/mol. The first kappa shape index (κ1) is 18.3. The zero-order valence-corrected chi connectivity index (χ0v) is 12.5. The Hall–Kier alpha value is -0.770. The minimum Gasteiger partial charge on any atom is -0.394 e. The number of likely N-dealkylation sites (N-methyl/N-ethyl adjacent to an activating group) is 1. The molecule has 8 nitrogen and oxygen atoms in total. The summed E-state index contributed by atoms with van der Waals surface area (Å²) in [7, 11) is 1.82. The molecule has 1 rings (SSSR count). The highest BCUT2D eigenvalue weighted by Crippen LogP contribution is 2.23. The Labute approximate surface area is 124 Å². The van der Waals surface area contributed by atoms with Crippen LogP contribution in [0.1, 0.15) is 13.3 Å². The SMILES string of the molecule is CNCCOCCC1OC(CO)C(O)C(O)C1NC(C)=O. The maximum Gasteiger partial charge on any atom is 0.217 e. The summed E-state index contributed by atoms with van der Waals surface area (Å²) in [6.07, 6.45) is -3.39. The van der Waals surface area contributed by atoms with E-state index in [0.29, 0.717) is 19.6 Å². The predicted octanol–water partition coefficient (Wildman–Crippen LogP) is -2.40. The molecule has 0 aromatic carbocycles. The molecule has 5 atom stereocenters. The van der Waals surface area contributed by atoms with E-state index in [1.165, 1.54) is 6.92 Å². The van der Waals surface area contributed by atoms with Gasteiger partial charge in [0.1, 0.15) is 18.3 Å². The molecule has 5 unspecified atom stereocenters. The van der Waals surface area contributed by atoms with Crippen LogP contribution in [0.5, 0.6) is 0 Å². The van der Waals surface area contributed by atoms with Gasteiger partial charge in [0.25, 0.3) is 0 Å². The molecule has 124 valence electrons. The number of hydrogen-bond acceptors (Lipinski definition) is 7. The minimum absolute atomic E-state index is 0.321. The number of rotatable bonds is 8. The summed E-state index contributed by atoms with van der Waals surface area (Å²) >= 11 is 0. The average Bonchev–Trinajstić information content (AvgIpc) is 2.45. The summed E-state index contributed by atoms with van der Waals surface area (Å²) in [5, 5.41) is 34.7. The van der Waals surface area contributed by atoms with Crippen LogP contribution < -0.4 is 10.6 Å². The van der Waals surface area contributed by atoms with E-state index >= 15 is 0 Å². The summed E-state index contributed by atoms with van der Waals surface area (Å²) in [6.45, 7) is 2.59. The summed E-state index contributed by atoms with van der Waals surface area (Å²) < 4.78 is 11.0. The molecule has 0 bridgehead atoms. The fraction of sp³-hybridized carbons (Fsp3) is 0.923. The lowest BCUT2D eigenvalue weighted by Gasteiger charge is -2.42. The maximum atomic E-state index is 11.2. The lowest BCUT2D eigenvalue weighted by Crippen LogP contribution is -2.64. The van der Waals surface area contributed by atoms with Crippen LogP contribution in [0.25, 0.3) is 0 Å². The van der Waals surface area contributed by atoms with Crippen molar-refractivity contribution < 1.29 is 29.6 Å². The fourth-order valence-electron chi connectivity index (χ4n) is 2.33. The number of hydrogen-bond donors (Lipinski definition) is 5. The maximum absolute atomic E-state index is 11.2. The summed E-state index contributed by atoms with van der Waals surface area (Å²) in [4.78, 5) is 11.2. The molecule has 5 N–H and O–H groups in total. The number of aliphatic hydroxyl groups is 3. The van der Waals surface area contributed by atoms with Gasteiger partial charge >= 0.3 is 0 Å². The first-order chi connectivity index (χ1) is 10.0. The van der Waals surface area contributed by atoms with Gasteiger partial charge in [0.05, 0.1) is 25.4 Å². The molecule has 0 saturated carbocycles. The van der Waals surface area contributed by atoms with E-state index in [2.05, 4.69) is 10.6 Å². The van der Waals surface area contributed by atoms with Crippen LogP contribution in [0, 0.1) is 0 Å². The van der Waals surface area contributed by atoms with Gasteiger partial charge in [-0.1, -0.05) is 0 Å². The van der Waals surface area contributed by atoms with Gasteiger partial charge in [0, 0.05) is 20.1 Å². The fourth-order valence-corrected chi connectivity index (χ4v) is 2.33. The third-order valence-electron chi connectivity index (χ3n) is 3.44. The zero-order valence-electron chi connectivity index (χ0n) is 12.5. The molecule has 0 spiro atoms. The largest absolute Gasteiger partial charge is 0.394 e. The molecule has 1 heterocycles. The van der Waals surface area contributed by atoms with Crippen molar-refractivity contribution >= 4 is 5.91 Å². The third kappa shape index (κ3) is 5.50. The normalized spacial score (nSPS) is 32.9. The summed E-state index contributed by atoms with van der Waals surface area (Å²) in [5.41, 5.74) is 0. The van der Waals surface area contributed by atoms with Gasteiger partial charge < -0.3 is 35.4 Å². The van der Waals surface area contributed by atoms with Crippen molar-refractivity contribution in [2.24, 2.45) is 0 Å². The van der Waals surface area contributed by atoms with E-state index in [-0.39, 0.29) is 5.91 Å². The van der Waals surface area contributed by atoms with Gasteiger partial charge in [-0.15, -0.1) is 0 Å². The molecule has 8 heteroatoms. The van der Waals surface area contributed by atoms with Gasteiger partial charge in [-0.25, -0.2) is 0 Å². The molecule has 1 saturated heterocycles. The van der Waals surface area contributed by atoms with Crippen LogP contribution in [0.2, 0.25) is 0 Å². The highest BCUT2D eigenvalue weighted by atomic mass is 16.5. The van der Waals surface area contributed by atoms with Gasteiger partial charge in [-0.05, 0) is 13.5 Å². The van der Waals surface area contributed by atoms with Crippen molar-refractivity contribution in [1.82, 2.24) is 10.6 Å². The molecule has 1 aliphatic heterocycles. The molecule has 21 heavy (non-hydrogen) atoms. The van der Waals surface area contributed by atoms with Crippen molar-refractivity contribution in [2.75, 3.05) is 33.4 Å². The average molecular weight is 306 g/mol. The number of carbonyl (C=O) groups excluding carboxylic acids is 1. The lowest BCUT2D eigenvalue weighted by molar-refractivity contribution is -0.198. The minimum atomic E-state index is -1.24. The zero-order chi connectivity index (χ0) is 15.8. The standard InChI is InChI=1S/C13H26N2O6/c1-8(17)15-11-9(3-5-20-6-4-14-2)21-10(7-16)12(18)13(11)19/h9-14,16,18-19H,3-7H2,1-2H3,(H,15,17). The molecule has 1 aliphatic rings. The number of aliphatic hydroxyl groups excluding tert-OH is 3. The van der Waals surface area contributed by atoms with E-state index in [1.54, 1.807) is 0 Å². The van der Waals surface area contributed by atoms with Crippen LogP contribution in [-0.2, 0) is 14.3 Å². The van der Waals surface area contributed by atoms with Gasteiger partial charge in [-0.2, -0.15) is 0 Å². The van der Waals surface area contributed by atoms with E-state index in [0.717, 1.165) is 6.54 Å². The van der Waals surface area contributed by atoms with Crippen molar-refractivity contribution in [1.29, 1.82) is 0 Å². The van der Waals surface area contributed by atoms with Gasteiger partial charge in [0.15, 0.2) is 0 Å². The second kappa shape index (κ2) is 9.29. The monoisotopic (exact) mass is 306 g/mol. The van der Waals surface area contributed by atoms with Crippen molar-refractivity contribution in [3.63, 3.8) is 0 Å². The van der Waals surface area contributed by atoms with Gasteiger partial charge in [-0.3, -0.25) is 4.79 Å². The lowest BCUT2D eigenvalue weighted by atomic mass is 9.91. The summed E-state index contributed by atoms with van der Waals surface area (Å²) in [5.74, 6) is -0.321. The van der Waals surface area contributed by atoms with E-state index in [4.69, 9.17) is 9.47 Å². The van der Waals surface area contributed by atoms with Crippen molar-refractivity contribution in [3.8, 4) is 0 Å². The summed E-state index contributed by atoms with van der Waals surface area (Å²) in [6, 6.07) is -0.729. The highest BCUT2D eigenvalue weighted by Gasteiger charge is 2.44. The van der Waals surface area contributed by atoms with Gasteiger partial charge in [0.2, 0.25) is 5.91 Å². The Bertz CT molecular complexity index is 317. The topological polar surface area (TPSA) is 120 Å². The van der Waals surface area contributed by atoms with Crippen molar-refractivity contribution in [3.05, 3.63) is 0 Å². The third-order valence-corrected chi connectivity index (χ3v) is 3.44. The Morgan fingerprint density at radius 3 is 2.52 bits per heavy atom. The first-order valence-electron chi connectivity index (χ1n) is 7.13. The molecule has 0 aromatic heterocycles. The molecule has 1 amide bonds. The number of nitrogens with one attached hydrogen (secondary N) is 2. The Balaban J connectivity index is 2.58. The van der Waals surface area contributed by atoms with Crippen LogP contribution >= 0.6 is 0 Å². The molecule has 0 aliphatic carbocycles. The van der Waals surface area contributed by atoms with Crippen LogP contribution in [0.4, 0.5) is 0 Å². The Kier molecular flexibility index (Phi) is 8.09. The van der Waals surface area contributed by atoms with E-state index in [1.807, 2.05) is 7.05 Å². The number of amides is 1. The smallest absolute Gasteiger partial charge is 0.217 e. The number of ether oxygens (including phenoxy) is 2. The highest BCUT2D eigenvalue weighted by molar-refractivity contribution is 5.73. The quantitative estimate of drug-likeness (QED) is 0.317. The van der Waals surface area contributed by atoms with E-state index < -0.39 is 37.1 Å².